The first-order valence-electron chi connectivity index (χ1n) is 4.97. The van der Waals surface area contributed by atoms with Crippen LogP contribution in [0.3, 0.4) is 0 Å². The Balaban J connectivity index is 2.45. The van der Waals surface area contributed by atoms with Gasteiger partial charge in [-0.2, -0.15) is 0 Å². The van der Waals surface area contributed by atoms with E-state index in [1.54, 1.807) is 0 Å². The highest BCUT2D eigenvalue weighted by Crippen LogP contribution is 2.16. The second-order valence-corrected chi connectivity index (χ2v) is 4.47. The van der Waals surface area contributed by atoms with Crippen molar-refractivity contribution in [2.45, 2.75) is 26.3 Å². The molecule has 0 radical (unpaired) electrons. The maximum Gasteiger partial charge on any atom is 0.224 e. The van der Waals surface area contributed by atoms with Crippen molar-refractivity contribution in [3.8, 4) is 12.3 Å². The largest absolute Gasteiger partial charge is 0.340 e. The molecular formula is C11H18N2O. The molecule has 1 heterocycles. The van der Waals surface area contributed by atoms with Gasteiger partial charge in [-0.15, -0.1) is 6.42 Å². The Morgan fingerprint density at radius 1 is 1.64 bits per heavy atom. The molecule has 1 aliphatic heterocycles. The highest BCUT2D eigenvalue weighted by Gasteiger charge is 2.30. The molecule has 2 N–H and O–H groups in total. The van der Waals surface area contributed by atoms with E-state index in [4.69, 9.17) is 6.42 Å². The Bertz CT molecular complexity index is 261. The fourth-order valence-corrected chi connectivity index (χ4v) is 1.34. The van der Waals surface area contributed by atoms with Crippen molar-refractivity contribution in [1.29, 1.82) is 0 Å². The molecule has 78 valence electrons. The Kier molecular flexibility index (Phi) is 3.17. The molecule has 0 bridgehead atoms. The molecule has 0 spiro atoms. The van der Waals surface area contributed by atoms with E-state index in [2.05, 4.69) is 16.6 Å². The van der Waals surface area contributed by atoms with E-state index in [9.17, 15) is 4.79 Å². The Labute approximate surface area is 85.6 Å². The van der Waals surface area contributed by atoms with Crippen molar-refractivity contribution < 1.29 is 4.79 Å². The van der Waals surface area contributed by atoms with Gasteiger partial charge in [-0.1, -0.05) is 12.8 Å². The number of rotatable bonds is 3. The molecule has 1 saturated heterocycles. The minimum Gasteiger partial charge on any atom is -0.340 e. The first kappa shape index (κ1) is 11.1. The number of carbonyl (C=O) groups is 1. The third kappa shape index (κ3) is 2.49. The van der Waals surface area contributed by atoms with Crippen LogP contribution in [-0.2, 0) is 4.79 Å². The van der Waals surface area contributed by atoms with Crippen molar-refractivity contribution in [3.63, 3.8) is 0 Å². The van der Waals surface area contributed by atoms with Gasteiger partial charge in [0.1, 0.15) is 0 Å². The molecule has 1 aliphatic rings. The number of nitrogens with one attached hydrogen (secondary N) is 2. The summed E-state index contributed by atoms with van der Waals surface area (Å²) in [6, 6.07) is 0. The molecule has 3 heteroatoms. The summed E-state index contributed by atoms with van der Waals surface area (Å²) in [5.41, 5.74) is -0.539. The van der Waals surface area contributed by atoms with E-state index in [0.29, 0.717) is 5.92 Å². The third-order valence-electron chi connectivity index (χ3n) is 2.73. The quantitative estimate of drug-likeness (QED) is 0.637. The van der Waals surface area contributed by atoms with E-state index in [1.807, 2.05) is 20.8 Å². The normalized spacial score (nSPS) is 19.3. The predicted octanol–water partition coefficient (Wildman–Crippen LogP) is 0.370. The summed E-state index contributed by atoms with van der Waals surface area (Å²) in [6.07, 6.45) is 5.30. The Morgan fingerprint density at radius 2 is 2.21 bits per heavy atom. The standard InChI is InChI=1S/C11H18N2O/c1-5-11(3,4)13-10(14)8(2)9-6-12-7-9/h1,8-9,12H,6-7H2,2-4H3,(H,13,14). The second-order valence-electron chi connectivity index (χ2n) is 4.47. The molecular weight excluding hydrogens is 176 g/mol. The topological polar surface area (TPSA) is 41.1 Å². The lowest BCUT2D eigenvalue weighted by molar-refractivity contribution is -0.127. The summed E-state index contributed by atoms with van der Waals surface area (Å²) < 4.78 is 0. The molecule has 1 unspecified atom stereocenters. The van der Waals surface area contributed by atoms with Gasteiger partial charge in [-0.05, 0) is 32.9 Å². The number of amides is 1. The number of hydrogen-bond acceptors (Lipinski definition) is 2. The van der Waals surface area contributed by atoms with Gasteiger partial charge in [0.05, 0.1) is 5.54 Å². The summed E-state index contributed by atoms with van der Waals surface area (Å²) in [5.74, 6) is 3.12. The molecule has 1 rings (SSSR count). The van der Waals surface area contributed by atoms with E-state index in [1.165, 1.54) is 0 Å². The highest BCUT2D eigenvalue weighted by molar-refractivity contribution is 5.80. The molecule has 0 aromatic heterocycles. The molecule has 1 fully saturated rings. The van der Waals surface area contributed by atoms with Gasteiger partial charge in [0, 0.05) is 5.92 Å². The predicted molar refractivity (Wildman–Crippen MR) is 56.6 cm³/mol. The maximum absolute atomic E-state index is 11.7. The lowest BCUT2D eigenvalue weighted by atomic mass is 9.87. The Morgan fingerprint density at radius 3 is 2.57 bits per heavy atom. The van der Waals surface area contributed by atoms with Crippen molar-refractivity contribution in [3.05, 3.63) is 0 Å². The molecule has 14 heavy (non-hydrogen) atoms. The average Bonchev–Trinajstić information content (AvgIpc) is 2.00. The minimum absolute atomic E-state index is 0.0453. The van der Waals surface area contributed by atoms with Crippen LogP contribution in [0.2, 0.25) is 0 Å². The van der Waals surface area contributed by atoms with Gasteiger partial charge in [0.25, 0.3) is 0 Å². The SMILES string of the molecule is C#CC(C)(C)NC(=O)C(C)C1CNC1. The van der Waals surface area contributed by atoms with Gasteiger partial charge in [0.15, 0.2) is 0 Å². The summed E-state index contributed by atoms with van der Waals surface area (Å²) in [4.78, 5) is 11.7. The van der Waals surface area contributed by atoms with Crippen LogP contribution in [0.1, 0.15) is 20.8 Å². The summed E-state index contributed by atoms with van der Waals surface area (Å²) in [6.45, 7) is 7.48. The third-order valence-corrected chi connectivity index (χ3v) is 2.73. The number of terminal acetylenes is 1. The first-order chi connectivity index (χ1) is 6.46. The molecule has 1 atom stereocenters. The van der Waals surface area contributed by atoms with Crippen molar-refractivity contribution in [2.75, 3.05) is 13.1 Å². The average molecular weight is 194 g/mol. The fraction of sp³-hybridized carbons (Fsp3) is 0.727. The van der Waals surface area contributed by atoms with Crippen LogP contribution in [0, 0.1) is 24.2 Å². The molecule has 0 saturated carbocycles. The van der Waals surface area contributed by atoms with Gasteiger partial charge in [0.2, 0.25) is 5.91 Å². The van der Waals surface area contributed by atoms with Crippen molar-refractivity contribution in [2.24, 2.45) is 11.8 Å². The molecule has 0 aromatic rings. The van der Waals surface area contributed by atoms with Crippen LogP contribution >= 0.6 is 0 Å². The van der Waals surface area contributed by atoms with Gasteiger partial charge >= 0.3 is 0 Å². The van der Waals surface area contributed by atoms with E-state index in [0.717, 1.165) is 13.1 Å². The Hall–Kier alpha value is -1.01. The monoisotopic (exact) mass is 194 g/mol. The van der Waals surface area contributed by atoms with Gasteiger partial charge in [-0.25, -0.2) is 0 Å². The van der Waals surface area contributed by atoms with E-state index < -0.39 is 5.54 Å². The molecule has 0 aliphatic carbocycles. The zero-order valence-corrected chi connectivity index (χ0v) is 9.05. The van der Waals surface area contributed by atoms with Crippen molar-refractivity contribution >= 4 is 5.91 Å². The van der Waals surface area contributed by atoms with Crippen LogP contribution in [0.4, 0.5) is 0 Å². The summed E-state index contributed by atoms with van der Waals surface area (Å²) in [5, 5.41) is 6.01. The molecule has 1 amide bonds. The smallest absolute Gasteiger partial charge is 0.224 e. The number of carbonyl (C=O) groups excluding carboxylic acids is 1. The van der Waals surface area contributed by atoms with Gasteiger partial charge in [-0.3, -0.25) is 4.79 Å². The fourth-order valence-electron chi connectivity index (χ4n) is 1.34. The zero-order chi connectivity index (χ0) is 10.8. The van der Waals surface area contributed by atoms with Gasteiger partial charge < -0.3 is 10.6 Å². The van der Waals surface area contributed by atoms with E-state index >= 15 is 0 Å². The summed E-state index contributed by atoms with van der Waals surface area (Å²) in [7, 11) is 0. The summed E-state index contributed by atoms with van der Waals surface area (Å²) >= 11 is 0. The lowest BCUT2D eigenvalue weighted by Gasteiger charge is -2.33. The van der Waals surface area contributed by atoms with E-state index in [-0.39, 0.29) is 11.8 Å². The van der Waals surface area contributed by atoms with Crippen LogP contribution < -0.4 is 10.6 Å². The van der Waals surface area contributed by atoms with Crippen LogP contribution in [0.25, 0.3) is 0 Å². The van der Waals surface area contributed by atoms with Crippen LogP contribution in [0.5, 0.6) is 0 Å². The molecule has 3 nitrogen and oxygen atoms in total. The first-order valence-corrected chi connectivity index (χ1v) is 4.97. The molecule has 0 aromatic carbocycles. The second kappa shape index (κ2) is 4.02. The highest BCUT2D eigenvalue weighted by atomic mass is 16.2. The maximum atomic E-state index is 11.7. The van der Waals surface area contributed by atoms with Crippen LogP contribution in [-0.4, -0.2) is 24.5 Å². The number of hydrogen-bond donors (Lipinski definition) is 2. The van der Waals surface area contributed by atoms with Crippen LogP contribution in [0.15, 0.2) is 0 Å². The lowest BCUT2D eigenvalue weighted by Crippen LogP contribution is -2.52. The minimum atomic E-state index is -0.539. The van der Waals surface area contributed by atoms with Crippen molar-refractivity contribution in [1.82, 2.24) is 10.6 Å². The zero-order valence-electron chi connectivity index (χ0n) is 9.05.